The predicted octanol–water partition coefficient (Wildman–Crippen LogP) is 10.1. The minimum Gasteiger partial charge on any atom is -0.452 e. The highest BCUT2D eigenvalue weighted by Gasteiger charge is 2.21. The molecule has 4 heteroatoms. The van der Waals surface area contributed by atoms with Crippen molar-refractivity contribution in [3.8, 4) is 11.5 Å². The second-order valence-electron chi connectivity index (χ2n) is 11.5. The van der Waals surface area contributed by atoms with Gasteiger partial charge >= 0.3 is 0 Å². The maximum Gasteiger partial charge on any atom is 0.181 e. The smallest absolute Gasteiger partial charge is 0.181 e. The van der Waals surface area contributed by atoms with E-state index in [1.807, 2.05) is 6.20 Å². The maximum absolute atomic E-state index is 6.73. The molecule has 9 aromatic rings. The number of benzene rings is 5. The molecule has 0 saturated carbocycles. The summed E-state index contributed by atoms with van der Waals surface area (Å²) in [4.78, 5) is 4.92. The van der Waals surface area contributed by atoms with Crippen molar-refractivity contribution >= 4 is 65.6 Å². The molecule has 0 bridgehead atoms. The molecule has 0 aliphatic heterocycles. The third-order valence-corrected chi connectivity index (χ3v) is 8.77. The van der Waals surface area contributed by atoms with Crippen LogP contribution in [0.1, 0.15) is 16.7 Å². The summed E-state index contributed by atoms with van der Waals surface area (Å²) >= 11 is 0. The number of furan rings is 1. The Morgan fingerprint density at radius 1 is 0.500 bits per heavy atom. The van der Waals surface area contributed by atoms with E-state index in [0.29, 0.717) is 0 Å². The third-order valence-electron chi connectivity index (χ3n) is 8.77. The zero-order valence-electron chi connectivity index (χ0n) is 23.6. The largest absolute Gasteiger partial charge is 0.452 e. The Morgan fingerprint density at radius 2 is 1.10 bits per heavy atom. The summed E-state index contributed by atoms with van der Waals surface area (Å²) < 4.78 is 11.4. The second-order valence-corrected chi connectivity index (χ2v) is 11.5. The van der Waals surface area contributed by atoms with Gasteiger partial charge in [0.05, 0.1) is 22.1 Å². The molecule has 0 amide bonds. The van der Waals surface area contributed by atoms with Crippen molar-refractivity contribution in [3.63, 3.8) is 0 Å². The van der Waals surface area contributed by atoms with Gasteiger partial charge in [-0.05, 0) is 80.9 Å². The number of hydrogen-bond donors (Lipinski definition) is 0. The molecular formula is C38H27N3O. The number of nitrogens with zero attached hydrogens (tertiary/aromatic N) is 3. The summed E-state index contributed by atoms with van der Waals surface area (Å²) in [6, 6.07) is 37.2. The number of rotatable bonds is 2. The van der Waals surface area contributed by atoms with Crippen molar-refractivity contribution < 1.29 is 4.42 Å². The Bertz CT molecular complexity index is 2560. The van der Waals surface area contributed by atoms with E-state index < -0.39 is 0 Å². The molecule has 0 spiro atoms. The van der Waals surface area contributed by atoms with Crippen LogP contribution in [-0.4, -0.2) is 14.1 Å². The molecule has 0 aliphatic carbocycles. The number of pyridine rings is 1. The van der Waals surface area contributed by atoms with Gasteiger partial charge in [-0.2, -0.15) is 0 Å². The van der Waals surface area contributed by atoms with Gasteiger partial charge in [-0.1, -0.05) is 59.7 Å². The molecule has 0 aliphatic rings. The van der Waals surface area contributed by atoms with Crippen LogP contribution in [-0.2, 0) is 0 Å². The average molecular weight is 542 g/mol. The summed E-state index contributed by atoms with van der Waals surface area (Å²) in [5.41, 5.74) is 11.1. The van der Waals surface area contributed by atoms with Gasteiger partial charge < -0.3 is 8.98 Å². The van der Waals surface area contributed by atoms with Gasteiger partial charge in [-0.25, -0.2) is 4.98 Å². The topological polar surface area (TPSA) is 35.9 Å². The first kappa shape index (κ1) is 23.4. The van der Waals surface area contributed by atoms with Crippen LogP contribution >= 0.6 is 0 Å². The zero-order valence-corrected chi connectivity index (χ0v) is 23.6. The monoisotopic (exact) mass is 541 g/mol. The number of fused-ring (bicyclic) bond motifs is 9. The fraction of sp³-hybridized carbons (Fsp3) is 0.0789. The fourth-order valence-corrected chi connectivity index (χ4v) is 6.91. The quantitative estimate of drug-likeness (QED) is 0.218. The van der Waals surface area contributed by atoms with Crippen LogP contribution in [0.25, 0.3) is 77.1 Å². The molecule has 0 unspecified atom stereocenters. The minimum absolute atomic E-state index is 0.800. The number of hydrogen-bond acceptors (Lipinski definition) is 2. The molecular weight excluding hydrogens is 514 g/mol. The van der Waals surface area contributed by atoms with Crippen molar-refractivity contribution in [2.45, 2.75) is 20.8 Å². The van der Waals surface area contributed by atoms with E-state index in [0.717, 1.165) is 50.0 Å². The van der Waals surface area contributed by atoms with Crippen LogP contribution in [0.15, 0.2) is 114 Å². The van der Waals surface area contributed by atoms with Crippen LogP contribution < -0.4 is 0 Å². The van der Waals surface area contributed by atoms with Gasteiger partial charge in [0.25, 0.3) is 0 Å². The molecule has 9 rings (SSSR count). The molecule has 0 saturated heterocycles. The lowest BCUT2D eigenvalue weighted by atomic mass is 10.1. The average Bonchev–Trinajstić information content (AvgIpc) is 3.65. The molecule has 0 fully saturated rings. The Kier molecular flexibility index (Phi) is 4.64. The van der Waals surface area contributed by atoms with E-state index in [1.54, 1.807) is 0 Å². The SMILES string of the molecule is Cc1ccc2c(c1)c1ccccc1n2-c1cc(C)c2oc3c(-n4c5ccccc5c5cc(C)ccc54)nccc3c2c1. The summed E-state index contributed by atoms with van der Waals surface area (Å²) in [6.07, 6.45) is 1.91. The lowest BCUT2D eigenvalue weighted by molar-refractivity contribution is 0.660. The van der Waals surface area contributed by atoms with E-state index in [2.05, 4.69) is 133 Å². The number of aryl methyl sites for hydroxylation is 3. The highest BCUT2D eigenvalue weighted by molar-refractivity contribution is 6.14. The van der Waals surface area contributed by atoms with Crippen LogP contribution in [0, 0.1) is 20.8 Å². The highest BCUT2D eigenvalue weighted by atomic mass is 16.3. The van der Waals surface area contributed by atoms with E-state index in [1.165, 1.54) is 43.7 Å². The van der Waals surface area contributed by atoms with Gasteiger partial charge in [0, 0.05) is 44.2 Å². The van der Waals surface area contributed by atoms with E-state index in [9.17, 15) is 0 Å². The van der Waals surface area contributed by atoms with Crippen LogP contribution in [0.4, 0.5) is 0 Å². The van der Waals surface area contributed by atoms with E-state index >= 15 is 0 Å². The van der Waals surface area contributed by atoms with Crippen LogP contribution in [0.3, 0.4) is 0 Å². The lowest BCUT2D eigenvalue weighted by Gasteiger charge is -2.10. The molecule has 4 heterocycles. The van der Waals surface area contributed by atoms with Crippen molar-refractivity contribution in [2.75, 3.05) is 0 Å². The molecule has 0 N–H and O–H groups in total. The minimum atomic E-state index is 0.800. The number of para-hydroxylation sites is 2. The van der Waals surface area contributed by atoms with Crippen LogP contribution in [0.5, 0.6) is 0 Å². The molecule has 0 radical (unpaired) electrons. The van der Waals surface area contributed by atoms with Crippen molar-refractivity contribution in [1.29, 1.82) is 0 Å². The third kappa shape index (κ3) is 3.09. The van der Waals surface area contributed by atoms with Crippen molar-refractivity contribution in [2.24, 2.45) is 0 Å². The molecule has 42 heavy (non-hydrogen) atoms. The zero-order chi connectivity index (χ0) is 28.1. The first-order valence-corrected chi connectivity index (χ1v) is 14.4. The molecule has 0 atom stereocenters. The van der Waals surface area contributed by atoms with Gasteiger partial charge in [0.1, 0.15) is 5.58 Å². The van der Waals surface area contributed by atoms with Gasteiger partial charge in [-0.3, -0.25) is 4.57 Å². The van der Waals surface area contributed by atoms with Gasteiger partial charge in [0.2, 0.25) is 0 Å². The normalized spacial score (nSPS) is 12.2. The molecule has 200 valence electrons. The standard InChI is InChI=1S/C38H27N3O/c1-22-12-14-34-29(18-22)26-8-4-6-10-32(26)40(34)25-20-24(3)36-31(21-25)28-16-17-39-38(37(28)42-36)41-33-11-7-5-9-27(33)30-19-23(2)13-15-35(30)41/h4-21H,1-3H3. The summed E-state index contributed by atoms with van der Waals surface area (Å²) in [5.74, 6) is 0.812. The van der Waals surface area contributed by atoms with Gasteiger partial charge in [-0.15, -0.1) is 0 Å². The summed E-state index contributed by atoms with van der Waals surface area (Å²) in [7, 11) is 0. The van der Waals surface area contributed by atoms with Gasteiger partial charge in [0.15, 0.2) is 11.4 Å². The Hall–Kier alpha value is -5.35. The lowest BCUT2D eigenvalue weighted by Crippen LogP contribution is -1.97. The van der Waals surface area contributed by atoms with Crippen molar-refractivity contribution in [1.82, 2.24) is 14.1 Å². The van der Waals surface area contributed by atoms with E-state index in [-0.39, 0.29) is 0 Å². The first-order chi connectivity index (χ1) is 20.6. The van der Waals surface area contributed by atoms with E-state index in [4.69, 9.17) is 9.40 Å². The maximum atomic E-state index is 6.73. The number of aromatic nitrogens is 3. The molecule has 5 aromatic carbocycles. The predicted molar refractivity (Wildman–Crippen MR) is 174 cm³/mol. The van der Waals surface area contributed by atoms with Crippen molar-refractivity contribution in [3.05, 3.63) is 126 Å². The Morgan fingerprint density at radius 3 is 1.79 bits per heavy atom. The Balaban J connectivity index is 1.36. The van der Waals surface area contributed by atoms with Crippen LogP contribution in [0.2, 0.25) is 0 Å². The Labute approximate surface area is 242 Å². The highest BCUT2D eigenvalue weighted by Crippen LogP contribution is 2.40. The fourth-order valence-electron chi connectivity index (χ4n) is 6.91. The molecule has 4 nitrogen and oxygen atoms in total. The first-order valence-electron chi connectivity index (χ1n) is 14.4. The summed E-state index contributed by atoms with van der Waals surface area (Å²) in [5, 5.41) is 7.13. The second kappa shape index (κ2) is 8.34. The summed E-state index contributed by atoms with van der Waals surface area (Å²) in [6.45, 7) is 6.44. The molecule has 4 aromatic heterocycles.